The molecule has 3 aromatic carbocycles. The molecule has 2 heterocycles. The Bertz CT molecular complexity index is 1230. The third kappa shape index (κ3) is 3.12. The molecule has 0 bridgehead atoms. The smallest absolute Gasteiger partial charge is 0.269 e. The number of amides is 2. The molecule has 8 nitrogen and oxygen atoms in total. The van der Waals surface area contributed by atoms with Crippen molar-refractivity contribution in [3.05, 3.63) is 100 Å². The van der Waals surface area contributed by atoms with Gasteiger partial charge in [-0.05, 0) is 42.3 Å². The zero-order valence-electron chi connectivity index (χ0n) is 17.1. The molecule has 3 atom stereocenters. The number of hydroxylamine groups is 1. The van der Waals surface area contributed by atoms with Crippen molar-refractivity contribution >= 4 is 28.9 Å². The second kappa shape index (κ2) is 7.58. The van der Waals surface area contributed by atoms with E-state index in [0.717, 1.165) is 10.5 Å². The molecule has 0 radical (unpaired) electrons. The van der Waals surface area contributed by atoms with Gasteiger partial charge in [-0.3, -0.25) is 24.5 Å². The summed E-state index contributed by atoms with van der Waals surface area (Å²) in [6.07, 6.45) is -1.02. The molecule has 0 aromatic heterocycles. The lowest BCUT2D eigenvalue weighted by Crippen LogP contribution is -2.37. The first-order chi connectivity index (χ1) is 15.5. The van der Waals surface area contributed by atoms with Gasteiger partial charge in [0.2, 0.25) is 5.91 Å². The van der Waals surface area contributed by atoms with E-state index >= 15 is 0 Å². The normalized spacial score (nSPS) is 22.3. The summed E-state index contributed by atoms with van der Waals surface area (Å²) >= 11 is 0. The van der Waals surface area contributed by atoms with E-state index in [4.69, 9.17) is 4.84 Å². The highest BCUT2D eigenvalue weighted by atomic mass is 16.7. The molecule has 160 valence electrons. The number of carbonyl (C=O) groups excluding carboxylic acids is 2. The molecular formula is C24H19N3O5. The van der Waals surface area contributed by atoms with Gasteiger partial charge in [-0.25, -0.2) is 9.96 Å². The van der Waals surface area contributed by atoms with E-state index in [-0.39, 0.29) is 11.6 Å². The number of nitrogens with zero attached hydrogens (tertiary/aromatic N) is 3. The highest BCUT2D eigenvalue weighted by Crippen LogP contribution is 2.47. The summed E-state index contributed by atoms with van der Waals surface area (Å²) in [6, 6.07) is 21.7. The Balaban J connectivity index is 1.61. The average Bonchev–Trinajstić information content (AvgIpc) is 3.30. The van der Waals surface area contributed by atoms with Crippen LogP contribution in [0.15, 0.2) is 78.9 Å². The van der Waals surface area contributed by atoms with Gasteiger partial charge in [0, 0.05) is 12.1 Å². The fourth-order valence-corrected chi connectivity index (χ4v) is 4.40. The first-order valence-corrected chi connectivity index (χ1v) is 10.2. The van der Waals surface area contributed by atoms with Crippen molar-refractivity contribution in [3.63, 3.8) is 0 Å². The molecule has 2 aliphatic rings. The quantitative estimate of drug-likeness (QED) is 0.354. The maximum Gasteiger partial charge on any atom is 0.269 e. The summed E-state index contributed by atoms with van der Waals surface area (Å²) in [5.41, 5.74) is 2.50. The Labute approximate surface area is 183 Å². The minimum absolute atomic E-state index is 0.0914. The summed E-state index contributed by atoms with van der Waals surface area (Å²) in [7, 11) is 0. The molecule has 8 heteroatoms. The van der Waals surface area contributed by atoms with Crippen LogP contribution in [0.4, 0.5) is 17.1 Å². The van der Waals surface area contributed by atoms with Crippen LogP contribution in [-0.2, 0) is 14.4 Å². The van der Waals surface area contributed by atoms with E-state index in [0.29, 0.717) is 16.9 Å². The second-order valence-electron chi connectivity index (χ2n) is 7.86. The van der Waals surface area contributed by atoms with Crippen LogP contribution in [0.25, 0.3) is 0 Å². The summed E-state index contributed by atoms with van der Waals surface area (Å²) in [5.74, 6) is -1.68. The van der Waals surface area contributed by atoms with E-state index in [1.807, 2.05) is 31.2 Å². The number of fused-ring (bicyclic) bond motifs is 1. The number of hydrogen-bond acceptors (Lipinski definition) is 6. The van der Waals surface area contributed by atoms with E-state index in [1.165, 1.54) is 17.2 Å². The number of benzene rings is 3. The predicted octanol–water partition coefficient (Wildman–Crippen LogP) is 3.95. The van der Waals surface area contributed by atoms with E-state index < -0.39 is 28.9 Å². The van der Waals surface area contributed by atoms with Crippen LogP contribution in [-0.4, -0.2) is 22.8 Å². The van der Waals surface area contributed by atoms with Gasteiger partial charge in [0.25, 0.3) is 11.6 Å². The molecular weight excluding hydrogens is 410 g/mol. The standard InChI is InChI=1S/C24H19N3O5/c1-15-7-5-11-18(13-15)25-23(28)20-21(16-8-6-12-19(14-16)27(30)31)26(32-22(20)24(25)29)17-9-3-2-4-10-17/h2-14,20-22H,1H3. The first kappa shape index (κ1) is 19.9. The molecule has 2 fully saturated rings. The molecule has 2 amide bonds. The van der Waals surface area contributed by atoms with Gasteiger partial charge >= 0.3 is 0 Å². The Morgan fingerprint density at radius 1 is 0.875 bits per heavy atom. The molecule has 0 aliphatic carbocycles. The Kier molecular flexibility index (Phi) is 4.71. The van der Waals surface area contributed by atoms with E-state index in [1.54, 1.807) is 42.5 Å². The number of carbonyl (C=O) groups is 2. The number of aryl methyl sites for hydroxylation is 1. The summed E-state index contributed by atoms with van der Waals surface area (Å²) in [4.78, 5) is 44.9. The van der Waals surface area contributed by atoms with Gasteiger partial charge < -0.3 is 0 Å². The highest BCUT2D eigenvalue weighted by molar-refractivity contribution is 6.24. The van der Waals surface area contributed by atoms with Crippen LogP contribution >= 0.6 is 0 Å². The Hall–Kier alpha value is -4.04. The van der Waals surface area contributed by atoms with Crippen molar-refractivity contribution in [3.8, 4) is 0 Å². The van der Waals surface area contributed by atoms with Crippen molar-refractivity contribution in [2.24, 2.45) is 5.92 Å². The zero-order valence-corrected chi connectivity index (χ0v) is 17.1. The van der Waals surface area contributed by atoms with E-state index in [2.05, 4.69) is 0 Å². The number of anilines is 2. The maximum atomic E-state index is 13.6. The minimum Gasteiger partial charge on any atom is -0.273 e. The van der Waals surface area contributed by atoms with Gasteiger partial charge in [0.05, 0.1) is 22.3 Å². The number of hydrogen-bond donors (Lipinski definition) is 0. The van der Waals surface area contributed by atoms with Gasteiger partial charge in [-0.15, -0.1) is 0 Å². The molecule has 5 rings (SSSR count). The lowest BCUT2D eigenvalue weighted by Gasteiger charge is -2.28. The molecule has 2 saturated heterocycles. The number of imide groups is 1. The summed E-state index contributed by atoms with van der Waals surface area (Å²) < 4.78 is 0. The third-order valence-electron chi connectivity index (χ3n) is 5.81. The van der Waals surface area contributed by atoms with Crippen LogP contribution in [0.3, 0.4) is 0 Å². The monoisotopic (exact) mass is 429 g/mol. The Morgan fingerprint density at radius 3 is 2.31 bits per heavy atom. The lowest BCUT2D eigenvalue weighted by molar-refractivity contribution is -0.384. The second-order valence-corrected chi connectivity index (χ2v) is 7.86. The first-order valence-electron chi connectivity index (χ1n) is 10.2. The van der Waals surface area contributed by atoms with Crippen LogP contribution in [0, 0.1) is 23.0 Å². The number of para-hydroxylation sites is 1. The van der Waals surface area contributed by atoms with Crippen molar-refractivity contribution in [1.29, 1.82) is 0 Å². The molecule has 0 spiro atoms. The molecule has 2 aliphatic heterocycles. The molecule has 0 saturated carbocycles. The zero-order chi connectivity index (χ0) is 22.4. The molecule has 32 heavy (non-hydrogen) atoms. The van der Waals surface area contributed by atoms with Crippen LogP contribution in [0.2, 0.25) is 0 Å². The van der Waals surface area contributed by atoms with Crippen molar-refractivity contribution in [2.45, 2.75) is 19.1 Å². The largest absolute Gasteiger partial charge is 0.273 e. The van der Waals surface area contributed by atoms with Gasteiger partial charge in [0.15, 0.2) is 6.10 Å². The predicted molar refractivity (Wildman–Crippen MR) is 117 cm³/mol. The third-order valence-corrected chi connectivity index (χ3v) is 5.81. The van der Waals surface area contributed by atoms with Crippen molar-refractivity contribution < 1.29 is 19.3 Å². The minimum atomic E-state index is -1.02. The fourth-order valence-electron chi connectivity index (χ4n) is 4.40. The van der Waals surface area contributed by atoms with Crippen LogP contribution in [0.1, 0.15) is 17.2 Å². The molecule has 0 N–H and O–H groups in total. The Morgan fingerprint density at radius 2 is 1.59 bits per heavy atom. The lowest BCUT2D eigenvalue weighted by atomic mass is 9.90. The number of nitro benzene ring substituents is 1. The van der Waals surface area contributed by atoms with Gasteiger partial charge in [-0.1, -0.05) is 42.5 Å². The van der Waals surface area contributed by atoms with Crippen LogP contribution < -0.4 is 9.96 Å². The van der Waals surface area contributed by atoms with Crippen molar-refractivity contribution in [1.82, 2.24) is 0 Å². The van der Waals surface area contributed by atoms with E-state index in [9.17, 15) is 19.7 Å². The van der Waals surface area contributed by atoms with Gasteiger partial charge in [-0.2, -0.15) is 0 Å². The molecule has 3 unspecified atom stereocenters. The summed E-state index contributed by atoms with van der Waals surface area (Å²) in [5, 5.41) is 12.9. The van der Waals surface area contributed by atoms with Gasteiger partial charge in [0.1, 0.15) is 5.92 Å². The average molecular weight is 429 g/mol. The summed E-state index contributed by atoms with van der Waals surface area (Å²) in [6.45, 7) is 1.88. The fraction of sp³-hybridized carbons (Fsp3) is 0.167. The number of non-ortho nitro benzene ring substituents is 1. The maximum absolute atomic E-state index is 13.6. The molecule has 3 aromatic rings. The number of rotatable bonds is 4. The van der Waals surface area contributed by atoms with Crippen molar-refractivity contribution in [2.75, 3.05) is 9.96 Å². The number of nitro groups is 1. The SMILES string of the molecule is Cc1cccc(N2C(=O)C3ON(c4ccccc4)C(c4cccc([N+](=O)[O-])c4)C3C2=O)c1. The highest BCUT2D eigenvalue weighted by Gasteiger charge is 2.60. The van der Waals surface area contributed by atoms with Crippen LogP contribution in [0.5, 0.6) is 0 Å². The topological polar surface area (TPSA) is 93.0 Å².